The van der Waals surface area contributed by atoms with Gasteiger partial charge in [-0.15, -0.1) is 0 Å². The Morgan fingerprint density at radius 2 is 0.688 bits per heavy atom. The zero-order chi connectivity index (χ0) is 63.4. The molecule has 15 rings (SSSR count). The Morgan fingerprint density at radius 1 is 0.301 bits per heavy atom. The number of para-hydroxylation sites is 4. The highest BCUT2D eigenvalue weighted by Crippen LogP contribution is 2.51. The fourth-order valence-corrected chi connectivity index (χ4v) is 14.0. The van der Waals surface area contributed by atoms with Crippen LogP contribution in [0.3, 0.4) is 0 Å². The molecule has 6 heteroatoms. The molecule has 0 fully saturated rings. The summed E-state index contributed by atoms with van der Waals surface area (Å²) in [6.45, 7) is 13.5. The number of nitriles is 1. The second kappa shape index (κ2) is 23.8. The maximum Gasteiger partial charge on any atom is 0.252 e. The summed E-state index contributed by atoms with van der Waals surface area (Å²) >= 11 is 0. The van der Waals surface area contributed by atoms with Crippen molar-refractivity contribution in [1.29, 1.82) is 5.26 Å². The van der Waals surface area contributed by atoms with Gasteiger partial charge in [0.1, 0.15) is 0 Å². The van der Waals surface area contributed by atoms with Crippen LogP contribution >= 0.6 is 0 Å². The van der Waals surface area contributed by atoms with Gasteiger partial charge in [0.2, 0.25) is 0 Å². The molecule has 0 N–H and O–H groups in total. The Labute approximate surface area is 548 Å². The summed E-state index contributed by atoms with van der Waals surface area (Å²) in [5, 5.41) is 11.5. The topological polar surface area (TPSA) is 36.8 Å². The van der Waals surface area contributed by atoms with Crippen LogP contribution in [0.1, 0.15) is 58.2 Å². The number of rotatable bonds is 12. The Bertz CT molecular complexity index is 4840. The monoisotopic (exact) mass is 1200 g/mol. The highest BCUT2D eigenvalue weighted by atomic mass is 15.2. The van der Waals surface area contributed by atoms with Crippen molar-refractivity contribution in [3.05, 3.63) is 332 Å². The lowest BCUT2D eigenvalue weighted by molar-refractivity contribution is 0.590. The predicted octanol–water partition coefficient (Wildman–Crippen LogP) is 21.8. The molecule has 2 heterocycles. The lowest BCUT2D eigenvalue weighted by Crippen LogP contribution is -2.61. The Morgan fingerprint density at radius 3 is 1.15 bits per heavy atom. The number of benzene rings is 13. The van der Waals surface area contributed by atoms with E-state index in [0.29, 0.717) is 5.56 Å². The van der Waals surface area contributed by atoms with Crippen LogP contribution in [0.4, 0.5) is 68.2 Å². The first kappa shape index (κ1) is 58.0. The van der Waals surface area contributed by atoms with E-state index in [1.807, 2.05) is 6.07 Å². The Kier molecular flexibility index (Phi) is 14.8. The Balaban J connectivity index is 1.00. The number of fused-ring (bicyclic) bond motifs is 4. The first-order chi connectivity index (χ1) is 45.4. The Hall–Kier alpha value is -11.4. The van der Waals surface area contributed by atoms with Crippen molar-refractivity contribution in [1.82, 2.24) is 0 Å². The molecule has 0 atom stereocenters. The summed E-state index contributed by atoms with van der Waals surface area (Å²) in [6.07, 6.45) is 0. The van der Waals surface area contributed by atoms with Crippen molar-refractivity contribution < 1.29 is 0 Å². The van der Waals surface area contributed by atoms with Crippen molar-refractivity contribution >= 4 is 91.3 Å². The first-order valence-electron chi connectivity index (χ1n) is 32.2. The molecule has 446 valence electrons. The molecule has 0 aromatic heterocycles. The molecule has 0 amide bonds. The lowest BCUT2D eigenvalue weighted by atomic mass is 9.33. The van der Waals surface area contributed by atoms with E-state index in [2.05, 4.69) is 377 Å². The molecular formula is C87H70BN5. The van der Waals surface area contributed by atoms with Gasteiger partial charge in [-0.2, -0.15) is 5.26 Å². The predicted molar refractivity (Wildman–Crippen MR) is 394 cm³/mol. The van der Waals surface area contributed by atoms with Gasteiger partial charge < -0.3 is 19.6 Å². The highest BCUT2D eigenvalue weighted by Gasteiger charge is 2.44. The van der Waals surface area contributed by atoms with Crippen molar-refractivity contribution in [2.24, 2.45) is 0 Å². The average Bonchev–Trinajstić information content (AvgIpc) is 0.698. The van der Waals surface area contributed by atoms with E-state index < -0.39 is 0 Å². The van der Waals surface area contributed by atoms with Crippen molar-refractivity contribution in [2.45, 2.75) is 52.4 Å². The minimum Gasteiger partial charge on any atom is -0.311 e. The minimum atomic E-state index is -0.215. The third-order valence-electron chi connectivity index (χ3n) is 18.6. The van der Waals surface area contributed by atoms with Gasteiger partial charge in [0, 0.05) is 73.4 Å². The molecule has 0 saturated heterocycles. The van der Waals surface area contributed by atoms with Gasteiger partial charge in [0.25, 0.3) is 6.71 Å². The third-order valence-corrected chi connectivity index (χ3v) is 18.6. The van der Waals surface area contributed by atoms with Crippen LogP contribution in [0, 0.1) is 11.3 Å². The normalized spacial score (nSPS) is 12.3. The molecular weight excluding hydrogens is 1130 g/mol. The van der Waals surface area contributed by atoms with E-state index in [1.165, 1.54) is 22.1 Å². The first-order valence-corrected chi connectivity index (χ1v) is 32.2. The van der Waals surface area contributed by atoms with Crippen LogP contribution in [0.5, 0.6) is 0 Å². The van der Waals surface area contributed by atoms with Crippen LogP contribution in [-0.4, -0.2) is 6.71 Å². The maximum atomic E-state index is 11.5. The zero-order valence-electron chi connectivity index (χ0n) is 53.3. The molecule has 0 saturated carbocycles. The molecule has 0 unspecified atom stereocenters. The molecule has 13 aromatic rings. The van der Waals surface area contributed by atoms with E-state index in [1.54, 1.807) is 0 Å². The minimum absolute atomic E-state index is 0.0153. The molecule has 5 nitrogen and oxygen atoms in total. The summed E-state index contributed by atoms with van der Waals surface area (Å²) in [6, 6.07) is 117. The van der Waals surface area contributed by atoms with E-state index in [-0.39, 0.29) is 17.5 Å². The van der Waals surface area contributed by atoms with E-state index in [0.717, 1.165) is 118 Å². The maximum absolute atomic E-state index is 11.5. The summed E-state index contributed by atoms with van der Waals surface area (Å²) in [5.74, 6) is 0. The summed E-state index contributed by atoms with van der Waals surface area (Å²) in [7, 11) is 0. The van der Waals surface area contributed by atoms with Crippen LogP contribution in [-0.2, 0) is 10.8 Å². The lowest BCUT2D eigenvalue weighted by Gasteiger charge is -2.45. The molecule has 13 aromatic carbocycles. The summed E-state index contributed by atoms with van der Waals surface area (Å²) in [5.41, 5.74) is 27.6. The molecule has 0 radical (unpaired) electrons. The fourth-order valence-electron chi connectivity index (χ4n) is 14.0. The van der Waals surface area contributed by atoms with Crippen molar-refractivity contribution in [3.8, 4) is 50.6 Å². The second-order valence-corrected chi connectivity index (χ2v) is 26.4. The van der Waals surface area contributed by atoms with Crippen molar-refractivity contribution in [3.63, 3.8) is 0 Å². The zero-order valence-corrected chi connectivity index (χ0v) is 53.3. The highest BCUT2D eigenvalue weighted by molar-refractivity contribution is 7.00. The fraction of sp³-hybridized carbons (Fsp3) is 0.0920. The largest absolute Gasteiger partial charge is 0.311 e. The molecule has 2 aliphatic rings. The van der Waals surface area contributed by atoms with Gasteiger partial charge in [-0.25, -0.2) is 0 Å². The van der Waals surface area contributed by atoms with Crippen LogP contribution in [0.25, 0.3) is 44.5 Å². The van der Waals surface area contributed by atoms with Gasteiger partial charge in [-0.05, 0) is 164 Å². The molecule has 2 aliphatic heterocycles. The number of hydrogen-bond acceptors (Lipinski definition) is 5. The van der Waals surface area contributed by atoms with E-state index >= 15 is 0 Å². The van der Waals surface area contributed by atoms with Gasteiger partial charge in [0.15, 0.2) is 0 Å². The SMILES string of the molecule is CC(C)(C)c1ccc(N(c2ccc(C(C)(C)C)cc2)c2ccc3c(c2)N(c2ccccc2-c2ccccc2)c2cccc4c2B3c2ccc(-c3cc(N(c5ccccc5)c5ccccc5)c(-c5ccccc5)cc3C#N)cc2N4c2ccccc2-c2ccccc2)cc1. The van der Waals surface area contributed by atoms with Gasteiger partial charge in [0.05, 0.1) is 28.7 Å². The van der Waals surface area contributed by atoms with E-state index in [9.17, 15) is 5.26 Å². The smallest absolute Gasteiger partial charge is 0.252 e. The summed E-state index contributed by atoms with van der Waals surface area (Å²) in [4.78, 5) is 9.80. The number of hydrogen-bond donors (Lipinski definition) is 0. The van der Waals surface area contributed by atoms with Gasteiger partial charge >= 0.3 is 0 Å². The molecule has 0 spiro atoms. The number of anilines is 12. The third kappa shape index (κ3) is 10.6. The molecule has 0 aliphatic carbocycles. The molecule has 93 heavy (non-hydrogen) atoms. The van der Waals surface area contributed by atoms with Crippen LogP contribution < -0.4 is 36.0 Å². The second-order valence-electron chi connectivity index (χ2n) is 26.4. The van der Waals surface area contributed by atoms with Crippen molar-refractivity contribution in [2.75, 3.05) is 19.6 Å². The summed E-state index contributed by atoms with van der Waals surface area (Å²) < 4.78 is 0. The number of nitrogens with zero attached hydrogens (tertiary/aromatic N) is 5. The van der Waals surface area contributed by atoms with Crippen LogP contribution in [0.15, 0.2) is 315 Å². The quantitative estimate of drug-likeness (QED) is 0.114. The van der Waals surface area contributed by atoms with E-state index in [4.69, 9.17) is 0 Å². The van der Waals surface area contributed by atoms with Crippen LogP contribution in [0.2, 0.25) is 0 Å². The van der Waals surface area contributed by atoms with Gasteiger partial charge in [-0.3, -0.25) is 0 Å². The molecule has 0 bridgehead atoms. The van der Waals surface area contributed by atoms with Gasteiger partial charge in [-0.1, -0.05) is 254 Å². The standard InChI is InChI=1S/C87H70BN5/c1-86(2,3)65-44-48-69(49-45-65)90(70-50-46-66(47-51-70)87(4,5)6)71-52-54-77-84(57-71)93(79-40-25-23-38-73(79)61-29-14-8-15-30-61)81-42-26-41-80-85(81)88(77)76-53-43-63(56-83(76)92(80)78-39-24-22-37-72(78)60-27-12-7-13-28-60)74-58-82(75(55-64(74)59-89)62-31-16-9-17-32-62)91(67-33-18-10-19-34-67)68-35-20-11-21-36-68/h7-58H,1-6H3. The average molecular weight is 1200 g/mol.